The maximum atomic E-state index is 14.4. The molecule has 0 aromatic rings. The predicted molar refractivity (Wildman–Crippen MR) is 252 cm³/mol. The van der Waals surface area contributed by atoms with Crippen LogP contribution in [-0.4, -0.2) is 141 Å². The van der Waals surface area contributed by atoms with Crippen molar-refractivity contribution in [3.8, 4) is 11.8 Å². The molecule has 11 atom stereocenters. The zero-order valence-corrected chi connectivity index (χ0v) is 40.8. The lowest BCUT2D eigenvalue weighted by Crippen LogP contribution is -2.63. The van der Waals surface area contributed by atoms with Crippen molar-refractivity contribution < 1.29 is 62.4 Å². The molecule has 4 fully saturated rings. The summed E-state index contributed by atoms with van der Waals surface area (Å²) in [5, 5.41) is 26.6. The maximum Gasteiger partial charge on any atom is 0.246 e. The third kappa shape index (κ3) is 12.9. The number of aliphatic hydroxyl groups is 1. The fourth-order valence-corrected chi connectivity index (χ4v) is 11.7. The number of nitrogens with two attached hydrogens (primary N) is 1. The molecule has 6 aliphatic rings. The highest BCUT2D eigenvalue weighted by Gasteiger charge is 2.75. The van der Waals surface area contributed by atoms with Gasteiger partial charge < -0.3 is 61.7 Å². The largest absolute Gasteiger partial charge is 0.393 e. The summed E-state index contributed by atoms with van der Waals surface area (Å²) in [4.78, 5) is 102. The average molecular weight is 980 g/mol. The van der Waals surface area contributed by atoms with Crippen LogP contribution in [0.15, 0.2) is 23.8 Å². The summed E-state index contributed by atoms with van der Waals surface area (Å²) < 4.78 is 24.5. The summed E-state index contributed by atoms with van der Waals surface area (Å²) in [6.45, 7) is 3.56. The lowest BCUT2D eigenvalue weighted by molar-refractivity contribution is -0.201. The number of hydrogen-bond acceptors (Lipinski definition) is 14. The Morgan fingerprint density at radius 2 is 1.60 bits per heavy atom. The fraction of sp³-hybridized carbons (Fsp3) is 0.720. The molecule has 0 aromatic carbocycles. The number of fused-ring (bicyclic) bond motifs is 7. The lowest BCUT2D eigenvalue weighted by atomic mass is 9.46. The molecule has 0 aromatic heterocycles. The molecule has 70 heavy (non-hydrogen) atoms. The number of rotatable bonds is 24. The van der Waals surface area contributed by atoms with Crippen molar-refractivity contribution in [3.05, 3.63) is 23.8 Å². The van der Waals surface area contributed by atoms with E-state index in [4.69, 9.17) is 24.7 Å². The molecule has 20 nitrogen and oxygen atoms in total. The van der Waals surface area contributed by atoms with Gasteiger partial charge in [-0.2, -0.15) is 0 Å². The number of ether oxygens (including phenoxy) is 4. The number of hydrogen-bond donors (Lipinski definition) is 8. The third-order valence-corrected chi connectivity index (χ3v) is 15.1. The van der Waals surface area contributed by atoms with E-state index in [1.165, 1.54) is 0 Å². The topological polar surface area (TPSA) is 292 Å². The van der Waals surface area contributed by atoms with Gasteiger partial charge in [-0.3, -0.25) is 38.4 Å². The van der Waals surface area contributed by atoms with Crippen molar-refractivity contribution in [1.29, 1.82) is 0 Å². The van der Waals surface area contributed by atoms with Crippen LogP contribution in [-0.2, 0) is 57.3 Å². The molecule has 0 bridgehead atoms. The van der Waals surface area contributed by atoms with Crippen LogP contribution < -0.4 is 37.6 Å². The van der Waals surface area contributed by atoms with Gasteiger partial charge in [-0.05, 0) is 101 Å². The van der Waals surface area contributed by atoms with Crippen molar-refractivity contribution in [2.24, 2.45) is 34.3 Å². The Bertz CT molecular complexity index is 2090. The van der Waals surface area contributed by atoms with Gasteiger partial charge in [0.1, 0.15) is 32.1 Å². The van der Waals surface area contributed by atoms with Crippen LogP contribution >= 0.6 is 0 Å². The average Bonchev–Trinajstić information content (AvgIpc) is 3.80. The van der Waals surface area contributed by atoms with Crippen LogP contribution in [0.4, 0.5) is 0 Å². The van der Waals surface area contributed by atoms with E-state index < -0.39 is 109 Å². The van der Waals surface area contributed by atoms with E-state index in [2.05, 4.69) is 50.7 Å². The van der Waals surface area contributed by atoms with Crippen molar-refractivity contribution in [3.63, 3.8) is 0 Å². The van der Waals surface area contributed by atoms with E-state index >= 15 is 0 Å². The number of nitrogens with one attached hydrogen (secondary N) is 6. The minimum atomic E-state index is -1.38. The molecule has 1 heterocycles. The van der Waals surface area contributed by atoms with E-state index in [0.717, 1.165) is 56.9 Å². The smallest absolute Gasteiger partial charge is 0.246 e. The summed E-state index contributed by atoms with van der Waals surface area (Å²) in [6.07, 6.45) is 12.7. The molecule has 0 radical (unpaired) electrons. The molecule has 386 valence electrons. The summed E-state index contributed by atoms with van der Waals surface area (Å²) in [6, 6.07) is -0.942. The number of aliphatic hydroxyl groups excluding tert-OH is 1. The van der Waals surface area contributed by atoms with Gasteiger partial charge in [-0.15, -0.1) is 5.92 Å². The Morgan fingerprint density at radius 3 is 2.30 bits per heavy atom. The molecule has 20 heteroatoms. The highest BCUT2D eigenvalue weighted by Crippen LogP contribution is 2.69. The van der Waals surface area contributed by atoms with Gasteiger partial charge in [0.25, 0.3) is 0 Å². The van der Waals surface area contributed by atoms with E-state index in [0.29, 0.717) is 38.6 Å². The van der Waals surface area contributed by atoms with Gasteiger partial charge in [0.05, 0.1) is 38.4 Å². The highest BCUT2D eigenvalue weighted by atomic mass is 16.7. The van der Waals surface area contributed by atoms with E-state index in [9.17, 15) is 43.5 Å². The Morgan fingerprint density at radius 1 is 0.900 bits per heavy atom. The standard InChI is InChI=1S/C50H73N7O13/c1-4-12-45-69-39-22-35-34-17-16-31-21-32(58)18-19-48(31,2)46(34)37(59)23-49(35,3)50(39,70-45)38(60)28-67-30-56-43(64)26-54-41(62)24-52-40(61)25-53-42(63)27-55-47(66)36(15-10-11-20-51)57-44(65)29-68-33-13-8-6-5-7-9-14-33/h18-19,21,33-37,39,45-46,59H,4-8,10-13,15-17,20,22-30,51H2,1-3H3,(H,52,61)(H,53,63)(H,54,62)(H,55,66)(H,56,64)(H,57,65)/t33?,34-,35-,36-,37-,39+,45?,46+,48-,49-,50+/m0/s1. The number of Topliss-reactive ketones (excluding diaryl/α,β-unsaturated/α-hetero) is 1. The highest BCUT2D eigenvalue weighted by molar-refractivity contribution is 6.01. The number of carbonyl (C=O) groups is 8. The first-order chi connectivity index (χ1) is 33.5. The number of allylic oxidation sites excluding steroid dienone is 4. The van der Waals surface area contributed by atoms with Gasteiger partial charge in [-0.25, -0.2) is 0 Å². The Hall–Kier alpha value is -5.04. The van der Waals surface area contributed by atoms with E-state index in [1.54, 1.807) is 12.2 Å². The summed E-state index contributed by atoms with van der Waals surface area (Å²) in [5.41, 5.74) is 4.00. The molecule has 6 rings (SSSR count). The Balaban J connectivity index is 0.882. The number of carbonyl (C=O) groups excluding carboxylic acids is 8. The van der Waals surface area contributed by atoms with Crippen LogP contribution in [0.3, 0.4) is 0 Å². The normalized spacial score (nSPS) is 31.0. The van der Waals surface area contributed by atoms with Gasteiger partial charge in [0.2, 0.25) is 35.4 Å². The van der Waals surface area contributed by atoms with E-state index in [1.807, 2.05) is 19.9 Å². The third-order valence-electron chi connectivity index (χ3n) is 15.1. The number of ketones is 2. The van der Waals surface area contributed by atoms with Crippen LogP contribution in [0.25, 0.3) is 0 Å². The number of unbranched alkanes of at least 4 members (excludes halogenated alkanes) is 1. The number of amides is 6. The second-order valence-electron chi connectivity index (χ2n) is 19.8. The summed E-state index contributed by atoms with van der Waals surface area (Å²) in [7, 11) is 0. The minimum Gasteiger partial charge on any atom is -0.393 e. The van der Waals surface area contributed by atoms with Crippen molar-refractivity contribution >= 4 is 47.0 Å². The predicted octanol–water partition coefficient (Wildman–Crippen LogP) is 0.246. The van der Waals surface area contributed by atoms with Gasteiger partial charge >= 0.3 is 0 Å². The van der Waals surface area contributed by atoms with Crippen molar-refractivity contribution in [1.82, 2.24) is 31.9 Å². The van der Waals surface area contributed by atoms with Crippen LogP contribution in [0.5, 0.6) is 0 Å². The molecule has 2 unspecified atom stereocenters. The van der Waals surface area contributed by atoms with Crippen molar-refractivity contribution in [2.45, 2.75) is 147 Å². The first kappa shape index (κ1) is 54.3. The molecule has 6 amide bonds. The minimum absolute atomic E-state index is 0.00521. The quantitative estimate of drug-likeness (QED) is 0.0366. The fourth-order valence-electron chi connectivity index (χ4n) is 11.7. The van der Waals surface area contributed by atoms with Crippen LogP contribution in [0, 0.1) is 40.4 Å². The van der Waals surface area contributed by atoms with E-state index in [-0.39, 0.29) is 55.2 Å². The molecule has 0 spiro atoms. The SMILES string of the molecule is CCCC1O[C@@H]2C[C@H]3[C@@H]4CCC5=CC(=O)C=C[C@]5(C)[C@H]4[C@@H](O)C[C@]3(C)[C@]2(C(=O)COCNC(=O)CNC(=O)CNC(=O)CNC(=O)CNC(=O)[C@H](CCCCN)NC(=O)COC2C#CCCCCC2)O1. The van der Waals surface area contributed by atoms with Crippen molar-refractivity contribution in [2.75, 3.05) is 52.7 Å². The summed E-state index contributed by atoms with van der Waals surface area (Å²) >= 11 is 0. The van der Waals surface area contributed by atoms with Crippen LogP contribution in [0.2, 0.25) is 0 Å². The first-order valence-electron chi connectivity index (χ1n) is 25.0. The second-order valence-corrected chi connectivity index (χ2v) is 19.8. The van der Waals surface area contributed by atoms with Gasteiger partial charge in [0, 0.05) is 23.2 Å². The summed E-state index contributed by atoms with van der Waals surface area (Å²) in [5.74, 6) is 1.82. The lowest BCUT2D eigenvalue weighted by Gasteiger charge is -2.59. The molecular weight excluding hydrogens is 907 g/mol. The Kier molecular flexibility index (Phi) is 19.3. The molecule has 9 N–H and O–H groups in total. The monoisotopic (exact) mass is 980 g/mol. The Labute approximate surface area is 409 Å². The first-order valence-corrected chi connectivity index (χ1v) is 25.0. The zero-order chi connectivity index (χ0) is 50.5. The van der Waals surface area contributed by atoms with Gasteiger partial charge in [-0.1, -0.05) is 51.2 Å². The molecule has 1 aliphatic heterocycles. The van der Waals surface area contributed by atoms with Gasteiger partial charge in [0.15, 0.2) is 23.5 Å². The molecular formula is C50H73N7O13. The van der Waals surface area contributed by atoms with Crippen LogP contribution in [0.1, 0.15) is 111 Å². The molecule has 1 saturated heterocycles. The zero-order valence-electron chi connectivity index (χ0n) is 40.8. The molecule has 3 saturated carbocycles. The maximum absolute atomic E-state index is 14.4. The second kappa shape index (κ2) is 24.9. The molecule has 5 aliphatic carbocycles.